The van der Waals surface area contributed by atoms with Gasteiger partial charge in [-0.15, -0.1) is 0 Å². The molecule has 0 atom stereocenters. The highest BCUT2D eigenvalue weighted by Crippen LogP contribution is 2.51. The van der Waals surface area contributed by atoms with Crippen LogP contribution in [0.1, 0.15) is 36.0 Å². The van der Waals surface area contributed by atoms with Crippen molar-refractivity contribution in [3.63, 3.8) is 0 Å². The predicted molar refractivity (Wildman–Crippen MR) is 66.6 cm³/mol. The lowest BCUT2D eigenvalue weighted by atomic mass is 9.64. The SMILES string of the molecule is Cc1cc(C2(CN)CCC2)c2c(c1C)OCO2. The molecule has 17 heavy (non-hydrogen) atoms. The van der Waals surface area contributed by atoms with Crippen LogP contribution >= 0.6 is 0 Å². The van der Waals surface area contributed by atoms with Gasteiger partial charge in [0.25, 0.3) is 0 Å². The van der Waals surface area contributed by atoms with E-state index in [0.29, 0.717) is 13.3 Å². The molecule has 1 aromatic rings. The lowest BCUT2D eigenvalue weighted by Crippen LogP contribution is -2.41. The first-order valence-corrected chi connectivity index (χ1v) is 6.28. The van der Waals surface area contributed by atoms with Crippen molar-refractivity contribution in [1.82, 2.24) is 0 Å². The molecule has 2 N–H and O–H groups in total. The van der Waals surface area contributed by atoms with Crippen LogP contribution in [-0.2, 0) is 5.41 Å². The second-order valence-corrected chi connectivity index (χ2v) is 5.27. The maximum absolute atomic E-state index is 5.99. The van der Waals surface area contributed by atoms with Crippen molar-refractivity contribution in [1.29, 1.82) is 0 Å². The second-order valence-electron chi connectivity index (χ2n) is 5.27. The van der Waals surface area contributed by atoms with E-state index in [0.717, 1.165) is 11.5 Å². The standard InChI is InChI=1S/C14H19NO2/c1-9-6-11(14(7-15)4-3-5-14)13-12(10(9)2)16-8-17-13/h6H,3-5,7-8,15H2,1-2H3. The van der Waals surface area contributed by atoms with Gasteiger partial charge >= 0.3 is 0 Å². The molecule has 1 heterocycles. The molecule has 92 valence electrons. The molecule has 1 saturated carbocycles. The molecule has 1 aliphatic carbocycles. The second kappa shape index (κ2) is 3.64. The topological polar surface area (TPSA) is 44.5 Å². The first-order chi connectivity index (χ1) is 8.18. The van der Waals surface area contributed by atoms with Crippen molar-refractivity contribution in [2.45, 2.75) is 38.5 Å². The minimum absolute atomic E-state index is 0.135. The van der Waals surface area contributed by atoms with E-state index in [1.165, 1.54) is 36.0 Å². The third-order valence-corrected chi connectivity index (χ3v) is 4.42. The molecule has 1 aromatic carbocycles. The average Bonchev–Trinajstić information content (AvgIpc) is 2.73. The summed E-state index contributed by atoms with van der Waals surface area (Å²) < 4.78 is 11.3. The molecule has 3 nitrogen and oxygen atoms in total. The molecule has 1 aliphatic heterocycles. The molecule has 0 amide bonds. The van der Waals surface area contributed by atoms with Crippen molar-refractivity contribution in [2.24, 2.45) is 5.73 Å². The molecular weight excluding hydrogens is 214 g/mol. The van der Waals surface area contributed by atoms with Crippen molar-refractivity contribution < 1.29 is 9.47 Å². The molecule has 1 fully saturated rings. The molecule has 2 aliphatic rings. The van der Waals surface area contributed by atoms with Crippen LogP contribution in [0.4, 0.5) is 0 Å². The third kappa shape index (κ3) is 1.38. The van der Waals surface area contributed by atoms with E-state index in [1.54, 1.807) is 0 Å². The van der Waals surface area contributed by atoms with Gasteiger partial charge in [-0.1, -0.05) is 12.5 Å². The summed E-state index contributed by atoms with van der Waals surface area (Å²) in [6.07, 6.45) is 3.60. The van der Waals surface area contributed by atoms with Crippen LogP contribution < -0.4 is 15.2 Å². The van der Waals surface area contributed by atoms with Crippen molar-refractivity contribution in [3.8, 4) is 11.5 Å². The molecule has 0 aromatic heterocycles. The summed E-state index contributed by atoms with van der Waals surface area (Å²) in [4.78, 5) is 0. The summed E-state index contributed by atoms with van der Waals surface area (Å²) >= 11 is 0. The van der Waals surface area contributed by atoms with Gasteiger partial charge in [-0.05, 0) is 37.8 Å². The predicted octanol–water partition coefficient (Wildman–Crippen LogP) is 2.41. The maximum Gasteiger partial charge on any atom is 0.231 e. The van der Waals surface area contributed by atoms with E-state index in [4.69, 9.17) is 15.2 Å². The Morgan fingerprint density at radius 2 is 1.94 bits per heavy atom. The van der Waals surface area contributed by atoms with Gasteiger partial charge in [-0.3, -0.25) is 0 Å². The molecule has 3 heteroatoms. The highest BCUT2D eigenvalue weighted by atomic mass is 16.7. The fourth-order valence-corrected chi connectivity index (χ4v) is 2.91. The molecule has 0 bridgehead atoms. The number of nitrogens with two attached hydrogens (primary N) is 1. The molecular formula is C14H19NO2. The quantitative estimate of drug-likeness (QED) is 0.853. The number of benzene rings is 1. The Labute approximate surface area is 102 Å². The zero-order valence-corrected chi connectivity index (χ0v) is 10.5. The van der Waals surface area contributed by atoms with Crippen LogP contribution in [0.25, 0.3) is 0 Å². The largest absolute Gasteiger partial charge is 0.453 e. The van der Waals surface area contributed by atoms with Gasteiger partial charge in [0.05, 0.1) is 0 Å². The van der Waals surface area contributed by atoms with Gasteiger partial charge < -0.3 is 15.2 Å². The Kier molecular flexibility index (Phi) is 2.33. The van der Waals surface area contributed by atoms with Gasteiger partial charge in [0, 0.05) is 17.5 Å². The van der Waals surface area contributed by atoms with Crippen LogP contribution in [0.2, 0.25) is 0 Å². The number of hydrogen-bond donors (Lipinski definition) is 1. The Bertz CT molecular complexity index is 458. The minimum atomic E-state index is 0.135. The van der Waals surface area contributed by atoms with Gasteiger partial charge in [-0.25, -0.2) is 0 Å². The minimum Gasteiger partial charge on any atom is -0.453 e. The summed E-state index contributed by atoms with van der Waals surface area (Å²) in [5, 5.41) is 0. The van der Waals surface area contributed by atoms with Gasteiger partial charge in [0.1, 0.15) is 0 Å². The van der Waals surface area contributed by atoms with Crippen LogP contribution in [0.15, 0.2) is 6.07 Å². The van der Waals surface area contributed by atoms with Crippen molar-refractivity contribution >= 4 is 0 Å². The van der Waals surface area contributed by atoms with Crippen LogP contribution in [0.3, 0.4) is 0 Å². The number of fused-ring (bicyclic) bond motifs is 1. The van der Waals surface area contributed by atoms with E-state index < -0.39 is 0 Å². The first kappa shape index (κ1) is 10.9. The third-order valence-electron chi connectivity index (χ3n) is 4.42. The summed E-state index contributed by atoms with van der Waals surface area (Å²) in [6.45, 7) is 5.25. The van der Waals surface area contributed by atoms with Gasteiger partial charge in [-0.2, -0.15) is 0 Å². The van der Waals surface area contributed by atoms with E-state index in [-0.39, 0.29) is 5.41 Å². The van der Waals surface area contributed by atoms with Gasteiger partial charge in [0.15, 0.2) is 11.5 Å². The highest BCUT2D eigenvalue weighted by Gasteiger charge is 2.41. The Morgan fingerprint density at radius 1 is 1.24 bits per heavy atom. The van der Waals surface area contributed by atoms with E-state index >= 15 is 0 Å². The highest BCUT2D eigenvalue weighted by molar-refractivity contribution is 5.59. The Balaban J connectivity index is 2.17. The summed E-state index contributed by atoms with van der Waals surface area (Å²) in [5.74, 6) is 1.87. The molecule has 3 rings (SSSR count). The monoisotopic (exact) mass is 233 g/mol. The molecule has 0 unspecified atom stereocenters. The smallest absolute Gasteiger partial charge is 0.231 e. The molecule has 0 saturated heterocycles. The fourth-order valence-electron chi connectivity index (χ4n) is 2.91. The summed E-state index contributed by atoms with van der Waals surface area (Å²) in [5.41, 5.74) is 9.84. The Morgan fingerprint density at radius 3 is 2.53 bits per heavy atom. The first-order valence-electron chi connectivity index (χ1n) is 6.28. The number of hydrogen-bond acceptors (Lipinski definition) is 3. The number of ether oxygens (including phenoxy) is 2. The normalized spacial score (nSPS) is 20.2. The Hall–Kier alpha value is -1.22. The fraction of sp³-hybridized carbons (Fsp3) is 0.571. The molecule has 0 spiro atoms. The lowest BCUT2D eigenvalue weighted by Gasteiger charge is -2.42. The molecule has 0 radical (unpaired) electrons. The van der Waals surface area contributed by atoms with E-state index in [2.05, 4.69) is 19.9 Å². The zero-order chi connectivity index (χ0) is 12.0. The van der Waals surface area contributed by atoms with Crippen molar-refractivity contribution in [2.75, 3.05) is 13.3 Å². The van der Waals surface area contributed by atoms with Crippen LogP contribution in [-0.4, -0.2) is 13.3 Å². The van der Waals surface area contributed by atoms with Gasteiger partial charge in [0.2, 0.25) is 6.79 Å². The number of rotatable bonds is 2. The zero-order valence-electron chi connectivity index (χ0n) is 10.5. The average molecular weight is 233 g/mol. The maximum atomic E-state index is 5.99. The van der Waals surface area contributed by atoms with E-state index in [9.17, 15) is 0 Å². The lowest BCUT2D eigenvalue weighted by molar-refractivity contribution is 0.168. The van der Waals surface area contributed by atoms with Crippen LogP contribution in [0, 0.1) is 13.8 Å². The van der Waals surface area contributed by atoms with E-state index in [1.807, 2.05) is 0 Å². The number of aryl methyl sites for hydroxylation is 1. The van der Waals surface area contributed by atoms with Crippen LogP contribution in [0.5, 0.6) is 11.5 Å². The summed E-state index contributed by atoms with van der Waals surface area (Å²) in [7, 11) is 0. The van der Waals surface area contributed by atoms with Crippen molar-refractivity contribution in [3.05, 3.63) is 22.8 Å². The summed E-state index contributed by atoms with van der Waals surface area (Å²) in [6, 6.07) is 2.24.